The lowest BCUT2D eigenvalue weighted by molar-refractivity contribution is 0.413. The van der Waals surface area contributed by atoms with Crippen molar-refractivity contribution in [3.63, 3.8) is 0 Å². The van der Waals surface area contributed by atoms with Gasteiger partial charge in [0.1, 0.15) is 17.4 Å². The van der Waals surface area contributed by atoms with Gasteiger partial charge in [-0.05, 0) is 44.2 Å². The van der Waals surface area contributed by atoms with Crippen LogP contribution in [0.5, 0.6) is 5.75 Å². The number of hydrogen-bond acceptors (Lipinski definition) is 5. The maximum Gasteiger partial charge on any atom is 0.142 e. The summed E-state index contributed by atoms with van der Waals surface area (Å²) in [5, 5.41) is 0. The fourth-order valence-electron chi connectivity index (χ4n) is 4.27. The molecule has 1 saturated heterocycles. The molecule has 0 radical (unpaired) electrons. The van der Waals surface area contributed by atoms with Gasteiger partial charge in [-0.15, -0.1) is 0 Å². The van der Waals surface area contributed by atoms with Gasteiger partial charge in [0.05, 0.1) is 12.8 Å². The first-order chi connectivity index (χ1) is 12.8. The highest BCUT2D eigenvalue weighted by atomic mass is 16.5. The van der Waals surface area contributed by atoms with Gasteiger partial charge < -0.3 is 14.5 Å². The van der Waals surface area contributed by atoms with Gasteiger partial charge >= 0.3 is 0 Å². The molecular formula is C21H26N4O. The lowest BCUT2D eigenvalue weighted by atomic mass is 10.2. The van der Waals surface area contributed by atoms with Crippen LogP contribution in [0.25, 0.3) is 0 Å². The second kappa shape index (κ2) is 6.45. The Bertz CT molecular complexity index is 810. The van der Waals surface area contributed by atoms with Crippen LogP contribution in [0.2, 0.25) is 0 Å². The zero-order chi connectivity index (χ0) is 17.5. The van der Waals surface area contributed by atoms with Gasteiger partial charge in [0.15, 0.2) is 0 Å². The topological polar surface area (TPSA) is 41.5 Å². The van der Waals surface area contributed by atoms with Crippen molar-refractivity contribution >= 4 is 11.5 Å². The highest BCUT2D eigenvalue weighted by Gasteiger charge is 2.31. The minimum absolute atomic E-state index is 0.620. The third kappa shape index (κ3) is 2.79. The number of ether oxygens (including phenoxy) is 1. The number of fused-ring (bicyclic) bond motifs is 1. The Morgan fingerprint density at radius 1 is 0.962 bits per heavy atom. The first kappa shape index (κ1) is 15.9. The number of rotatable bonds is 4. The third-order valence-electron chi connectivity index (χ3n) is 5.88. The molecule has 2 heterocycles. The summed E-state index contributed by atoms with van der Waals surface area (Å²) in [5.41, 5.74) is 3.94. The highest BCUT2D eigenvalue weighted by Crippen LogP contribution is 2.41. The number of para-hydroxylation sites is 2. The molecule has 2 fully saturated rings. The monoisotopic (exact) mass is 350 g/mol. The molecule has 1 aliphatic heterocycles. The predicted molar refractivity (Wildman–Crippen MR) is 103 cm³/mol. The molecule has 0 atom stereocenters. The van der Waals surface area contributed by atoms with Crippen LogP contribution in [0.4, 0.5) is 11.5 Å². The molecule has 0 spiro atoms. The number of piperazine rings is 1. The smallest absolute Gasteiger partial charge is 0.142 e. The molecule has 5 rings (SSSR count). The summed E-state index contributed by atoms with van der Waals surface area (Å²) in [5.74, 6) is 3.91. The summed E-state index contributed by atoms with van der Waals surface area (Å²) >= 11 is 0. The van der Waals surface area contributed by atoms with E-state index in [0.29, 0.717) is 5.92 Å². The Labute approximate surface area is 155 Å². The van der Waals surface area contributed by atoms with E-state index in [9.17, 15) is 0 Å². The van der Waals surface area contributed by atoms with Crippen molar-refractivity contribution < 1.29 is 4.74 Å². The van der Waals surface area contributed by atoms with Gasteiger partial charge in [0.25, 0.3) is 0 Å². The van der Waals surface area contributed by atoms with E-state index in [1.165, 1.54) is 42.0 Å². The number of methoxy groups -OCH3 is 1. The molecule has 1 aromatic heterocycles. The second-order valence-electron chi connectivity index (χ2n) is 7.60. The normalized spacial score (nSPS) is 19.6. The molecule has 0 N–H and O–H groups in total. The number of anilines is 2. The molecule has 26 heavy (non-hydrogen) atoms. The Balaban J connectivity index is 1.37. The standard InChI is InChI=1S/C21H26N4O/c1-26-19-8-3-2-7-18(19)24-11-13-25(14-12-24)21-16-5-4-6-17(16)22-20(23-21)15-9-10-15/h2-3,7-8,15H,4-6,9-14H2,1H3. The molecule has 0 bridgehead atoms. The Morgan fingerprint density at radius 2 is 1.73 bits per heavy atom. The molecule has 136 valence electrons. The number of nitrogens with zero attached hydrogens (tertiary/aromatic N) is 4. The van der Waals surface area contributed by atoms with Crippen molar-refractivity contribution in [3.05, 3.63) is 41.3 Å². The number of benzene rings is 1. The van der Waals surface area contributed by atoms with Crippen LogP contribution in [0.15, 0.2) is 24.3 Å². The van der Waals surface area contributed by atoms with Crippen LogP contribution in [-0.4, -0.2) is 43.3 Å². The Morgan fingerprint density at radius 3 is 2.50 bits per heavy atom. The van der Waals surface area contributed by atoms with Crippen LogP contribution in [0.3, 0.4) is 0 Å². The van der Waals surface area contributed by atoms with Gasteiger partial charge in [0.2, 0.25) is 0 Å². The molecule has 1 aromatic carbocycles. The minimum Gasteiger partial charge on any atom is -0.495 e. The maximum absolute atomic E-state index is 5.54. The quantitative estimate of drug-likeness (QED) is 0.847. The fraction of sp³-hybridized carbons (Fsp3) is 0.524. The van der Waals surface area contributed by atoms with E-state index < -0.39 is 0 Å². The van der Waals surface area contributed by atoms with Crippen molar-refractivity contribution in [3.8, 4) is 5.75 Å². The SMILES string of the molecule is COc1ccccc1N1CCN(c2nc(C3CC3)nc3c2CCC3)CC1. The van der Waals surface area contributed by atoms with Crippen molar-refractivity contribution in [1.82, 2.24) is 9.97 Å². The van der Waals surface area contributed by atoms with Gasteiger partial charge in [-0.1, -0.05) is 12.1 Å². The van der Waals surface area contributed by atoms with Gasteiger partial charge in [-0.25, -0.2) is 9.97 Å². The molecule has 5 heteroatoms. The molecule has 5 nitrogen and oxygen atoms in total. The van der Waals surface area contributed by atoms with E-state index >= 15 is 0 Å². The molecule has 1 saturated carbocycles. The summed E-state index contributed by atoms with van der Waals surface area (Å²) in [6.07, 6.45) is 6.03. The average molecular weight is 350 g/mol. The molecule has 2 aliphatic carbocycles. The molecule has 2 aromatic rings. The van der Waals surface area contributed by atoms with E-state index in [0.717, 1.165) is 50.6 Å². The van der Waals surface area contributed by atoms with Crippen molar-refractivity contribution in [2.24, 2.45) is 0 Å². The van der Waals surface area contributed by atoms with Crippen LogP contribution in [-0.2, 0) is 12.8 Å². The van der Waals surface area contributed by atoms with E-state index in [1.807, 2.05) is 12.1 Å². The second-order valence-corrected chi connectivity index (χ2v) is 7.60. The maximum atomic E-state index is 5.54. The van der Waals surface area contributed by atoms with E-state index in [-0.39, 0.29) is 0 Å². The van der Waals surface area contributed by atoms with E-state index in [1.54, 1.807) is 7.11 Å². The lowest BCUT2D eigenvalue weighted by Gasteiger charge is -2.38. The van der Waals surface area contributed by atoms with Crippen molar-refractivity contribution in [2.45, 2.75) is 38.0 Å². The largest absolute Gasteiger partial charge is 0.495 e. The first-order valence-electron chi connectivity index (χ1n) is 9.86. The van der Waals surface area contributed by atoms with E-state index in [4.69, 9.17) is 14.7 Å². The highest BCUT2D eigenvalue weighted by molar-refractivity contribution is 5.60. The van der Waals surface area contributed by atoms with Gasteiger partial charge in [-0.3, -0.25) is 0 Å². The number of aryl methyl sites for hydroxylation is 1. The first-order valence-corrected chi connectivity index (χ1v) is 9.86. The molecular weight excluding hydrogens is 324 g/mol. The van der Waals surface area contributed by atoms with Crippen LogP contribution >= 0.6 is 0 Å². The van der Waals surface area contributed by atoms with Crippen molar-refractivity contribution in [1.29, 1.82) is 0 Å². The minimum atomic E-state index is 0.620. The summed E-state index contributed by atoms with van der Waals surface area (Å²) < 4.78 is 5.54. The zero-order valence-electron chi connectivity index (χ0n) is 15.4. The van der Waals surface area contributed by atoms with Crippen LogP contribution in [0, 0.1) is 0 Å². The zero-order valence-corrected chi connectivity index (χ0v) is 15.4. The van der Waals surface area contributed by atoms with Gasteiger partial charge in [0, 0.05) is 43.4 Å². The summed E-state index contributed by atoms with van der Waals surface area (Å²) in [6.45, 7) is 4.01. The van der Waals surface area contributed by atoms with Crippen LogP contribution in [0.1, 0.15) is 42.3 Å². The third-order valence-corrected chi connectivity index (χ3v) is 5.88. The Hall–Kier alpha value is -2.30. The summed E-state index contributed by atoms with van der Waals surface area (Å²) in [7, 11) is 1.75. The van der Waals surface area contributed by atoms with Crippen molar-refractivity contribution in [2.75, 3.05) is 43.1 Å². The summed E-state index contributed by atoms with van der Waals surface area (Å²) in [6, 6.07) is 8.31. The number of aromatic nitrogens is 2. The number of hydrogen-bond donors (Lipinski definition) is 0. The summed E-state index contributed by atoms with van der Waals surface area (Å²) in [4.78, 5) is 14.8. The van der Waals surface area contributed by atoms with E-state index in [2.05, 4.69) is 21.9 Å². The predicted octanol–water partition coefficient (Wildman–Crippen LogP) is 3.18. The molecule has 0 amide bonds. The Kier molecular flexibility index (Phi) is 3.95. The average Bonchev–Trinajstić information content (AvgIpc) is 3.45. The van der Waals surface area contributed by atoms with Crippen LogP contribution < -0.4 is 14.5 Å². The molecule has 3 aliphatic rings. The molecule has 0 unspecified atom stereocenters. The lowest BCUT2D eigenvalue weighted by Crippen LogP contribution is -2.47. The van der Waals surface area contributed by atoms with Gasteiger partial charge in [-0.2, -0.15) is 0 Å². The fourth-order valence-corrected chi connectivity index (χ4v) is 4.27.